The van der Waals surface area contributed by atoms with E-state index in [1.807, 2.05) is 12.1 Å². The molecule has 14 heavy (non-hydrogen) atoms. The maximum absolute atomic E-state index is 13.2. The highest BCUT2D eigenvalue weighted by atomic mass is 35.5. The number of pyridine rings is 1. The van der Waals surface area contributed by atoms with E-state index in [4.69, 9.17) is 0 Å². The summed E-state index contributed by atoms with van der Waals surface area (Å²) in [4.78, 5) is 4.07. The highest BCUT2D eigenvalue weighted by molar-refractivity contribution is 5.85. The predicted molar refractivity (Wildman–Crippen MR) is 56.9 cm³/mol. The van der Waals surface area contributed by atoms with Crippen LogP contribution in [0.25, 0.3) is 11.3 Å². The van der Waals surface area contributed by atoms with E-state index in [1.165, 1.54) is 6.07 Å². The minimum absolute atomic E-state index is 0. The molecule has 0 amide bonds. The van der Waals surface area contributed by atoms with Gasteiger partial charge in [0.05, 0.1) is 5.69 Å². The first-order valence-corrected chi connectivity index (χ1v) is 4.04. The summed E-state index contributed by atoms with van der Waals surface area (Å²) in [6.07, 6.45) is 1.65. The van der Waals surface area contributed by atoms with Crippen LogP contribution in [0, 0.1) is 5.82 Å². The molecule has 0 aliphatic rings. The van der Waals surface area contributed by atoms with E-state index in [0.717, 1.165) is 0 Å². The molecular weight excluding hydrogens is 201 g/mol. The van der Waals surface area contributed by atoms with Gasteiger partial charge in [-0.2, -0.15) is 0 Å². The Morgan fingerprint density at radius 2 is 1.64 bits per heavy atom. The van der Waals surface area contributed by atoms with Gasteiger partial charge in [-0.3, -0.25) is 4.98 Å². The van der Waals surface area contributed by atoms with Crippen LogP contribution in [-0.2, 0) is 0 Å². The van der Waals surface area contributed by atoms with E-state index in [1.54, 1.807) is 30.5 Å². The fourth-order valence-corrected chi connectivity index (χ4v) is 1.19. The summed E-state index contributed by atoms with van der Waals surface area (Å²) < 4.78 is 13.2. The van der Waals surface area contributed by atoms with E-state index in [-0.39, 0.29) is 18.2 Å². The molecule has 0 atom stereocenters. The van der Waals surface area contributed by atoms with Gasteiger partial charge in [0.25, 0.3) is 0 Å². The van der Waals surface area contributed by atoms with Crippen LogP contribution in [0.2, 0.25) is 0 Å². The first kappa shape index (κ1) is 10.7. The Morgan fingerprint density at radius 1 is 0.929 bits per heavy atom. The van der Waals surface area contributed by atoms with Crippen LogP contribution < -0.4 is 0 Å². The van der Waals surface area contributed by atoms with Crippen LogP contribution in [0.4, 0.5) is 4.39 Å². The number of aromatic nitrogens is 1. The highest BCUT2D eigenvalue weighted by Crippen LogP contribution is 2.18. The van der Waals surface area contributed by atoms with Crippen molar-refractivity contribution in [3.05, 3.63) is 54.5 Å². The fourth-order valence-electron chi connectivity index (χ4n) is 1.19. The molecule has 2 rings (SSSR count). The zero-order valence-electron chi connectivity index (χ0n) is 7.35. The van der Waals surface area contributed by atoms with Gasteiger partial charge in [-0.15, -0.1) is 12.4 Å². The summed E-state index contributed by atoms with van der Waals surface area (Å²) in [5.41, 5.74) is 1.21. The Morgan fingerprint density at radius 3 is 2.29 bits per heavy atom. The lowest BCUT2D eigenvalue weighted by Gasteiger charge is -2.00. The molecular formula is C11H9ClFN. The minimum atomic E-state index is -0.235. The summed E-state index contributed by atoms with van der Waals surface area (Å²) in [6.45, 7) is 0. The van der Waals surface area contributed by atoms with Crippen molar-refractivity contribution in [2.75, 3.05) is 0 Å². The molecule has 1 aromatic heterocycles. The minimum Gasteiger partial charge on any atom is -0.256 e. The maximum atomic E-state index is 13.2. The van der Waals surface area contributed by atoms with Gasteiger partial charge in [0.2, 0.25) is 0 Å². The molecule has 0 aliphatic carbocycles. The smallest absolute Gasteiger partial charge is 0.132 e. The third kappa shape index (κ3) is 2.09. The number of rotatable bonds is 1. The van der Waals surface area contributed by atoms with Gasteiger partial charge in [-0.25, -0.2) is 4.39 Å². The van der Waals surface area contributed by atoms with Gasteiger partial charge < -0.3 is 0 Å². The molecule has 0 aliphatic heterocycles. The second-order valence-corrected chi connectivity index (χ2v) is 2.69. The third-order valence-electron chi connectivity index (χ3n) is 1.81. The summed E-state index contributed by atoms with van der Waals surface area (Å²) >= 11 is 0. The Hall–Kier alpha value is -1.41. The molecule has 1 aromatic carbocycles. The van der Waals surface area contributed by atoms with Crippen LogP contribution in [0.5, 0.6) is 0 Å². The Kier molecular flexibility index (Phi) is 3.60. The highest BCUT2D eigenvalue weighted by Gasteiger charge is 2.02. The molecule has 3 heteroatoms. The number of hydrogen-bond acceptors (Lipinski definition) is 1. The van der Waals surface area contributed by atoms with Crippen molar-refractivity contribution in [3.63, 3.8) is 0 Å². The van der Waals surface area contributed by atoms with Gasteiger partial charge in [0.15, 0.2) is 0 Å². The SMILES string of the molecule is Cl.Fc1ccccc1-c1ccccn1. The van der Waals surface area contributed by atoms with E-state index in [2.05, 4.69) is 4.98 Å². The average Bonchev–Trinajstić information content (AvgIpc) is 2.20. The molecule has 0 N–H and O–H groups in total. The predicted octanol–water partition coefficient (Wildman–Crippen LogP) is 3.31. The summed E-state index contributed by atoms with van der Waals surface area (Å²) in [5, 5.41) is 0. The second-order valence-electron chi connectivity index (χ2n) is 2.69. The van der Waals surface area contributed by atoms with Crippen molar-refractivity contribution in [2.24, 2.45) is 0 Å². The van der Waals surface area contributed by atoms with Crippen LogP contribution in [0.3, 0.4) is 0 Å². The average molecular weight is 210 g/mol. The van der Waals surface area contributed by atoms with Crippen molar-refractivity contribution >= 4 is 12.4 Å². The normalized spacial score (nSPS) is 9.21. The Balaban J connectivity index is 0.000000980. The van der Waals surface area contributed by atoms with Crippen molar-refractivity contribution in [2.45, 2.75) is 0 Å². The second kappa shape index (κ2) is 4.72. The van der Waals surface area contributed by atoms with Gasteiger partial charge in [0, 0.05) is 11.8 Å². The molecule has 1 heterocycles. The Bertz CT molecular complexity index is 403. The van der Waals surface area contributed by atoms with Crippen LogP contribution >= 0.6 is 12.4 Å². The zero-order chi connectivity index (χ0) is 9.10. The van der Waals surface area contributed by atoms with Crippen molar-refractivity contribution in [1.82, 2.24) is 4.98 Å². The van der Waals surface area contributed by atoms with Gasteiger partial charge in [-0.05, 0) is 24.3 Å². The number of halogens is 2. The van der Waals surface area contributed by atoms with E-state index in [9.17, 15) is 4.39 Å². The summed E-state index contributed by atoms with van der Waals surface area (Å²) in [7, 11) is 0. The van der Waals surface area contributed by atoms with Gasteiger partial charge >= 0.3 is 0 Å². The molecule has 0 radical (unpaired) electrons. The lowest BCUT2D eigenvalue weighted by Crippen LogP contribution is -1.85. The molecule has 0 spiro atoms. The van der Waals surface area contributed by atoms with Crippen molar-refractivity contribution in [3.8, 4) is 11.3 Å². The van der Waals surface area contributed by atoms with Gasteiger partial charge in [-0.1, -0.05) is 18.2 Å². The van der Waals surface area contributed by atoms with Crippen LogP contribution in [-0.4, -0.2) is 4.98 Å². The Labute approximate surface area is 88.0 Å². The first-order chi connectivity index (χ1) is 6.38. The quantitative estimate of drug-likeness (QED) is 0.702. The van der Waals surface area contributed by atoms with Gasteiger partial charge in [0.1, 0.15) is 5.82 Å². The molecule has 72 valence electrons. The lowest BCUT2D eigenvalue weighted by molar-refractivity contribution is 0.631. The number of hydrogen-bond donors (Lipinski definition) is 0. The number of benzene rings is 1. The largest absolute Gasteiger partial charge is 0.256 e. The van der Waals surface area contributed by atoms with E-state index < -0.39 is 0 Å². The monoisotopic (exact) mass is 209 g/mol. The molecule has 0 bridgehead atoms. The summed E-state index contributed by atoms with van der Waals surface area (Å²) in [5.74, 6) is -0.235. The van der Waals surface area contributed by atoms with Crippen LogP contribution in [0.1, 0.15) is 0 Å². The van der Waals surface area contributed by atoms with E-state index >= 15 is 0 Å². The number of nitrogens with zero attached hydrogens (tertiary/aromatic N) is 1. The molecule has 0 fully saturated rings. The molecule has 0 saturated carbocycles. The van der Waals surface area contributed by atoms with Crippen molar-refractivity contribution in [1.29, 1.82) is 0 Å². The maximum Gasteiger partial charge on any atom is 0.132 e. The fraction of sp³-hybridized carbons (Fsp3) is 0. The molecule has 0 unspecified atom stereocenters. The lowest BCUT2D eigenvalue weighted by atomic mass is 10.1. The first-order valence-electron chi connectivity index (χ1n) is 4.04. The summed E-state index contributed by atoms with van der Waals surface area (Å²) in [6, 6.07) is 12.1. The third-order valence-corrected chi connectivity index (χ3v) is 1.81. The molecule has 2 aromatic rings. The van der Waals surface area contributed by atoms with Crippen molar-refractivity contribution < 1.29 is 4.39 Å². The standard InChI is InChI=1S/C11H8FN.ClH/c12-10-6-2-1-5-9(10)11-7-3-4-8-13-11;/h1-8H;1H. The molecule has 0 saturated heterocycles. The van der Waals surface area contributed by atoms with Crippen LogP contribution in [0.15, 0.2) is 48.7 Å². The zero-order valence-corrected chi connectivity index (χ0v) is 8.17. The topological polar surface area (TPSA) is 12.9 Å². The van der Waals surface area contributed by atoms with E-state index in [0.29, 0.717) is 11.3 Å². The molecule has 1 nitrogen and oxygen atoms in total.